The number of alkyl halides is 1. The van der Waals surface area contributed by atoms with E-state index in [9.17, 15) is 18.9 Å². The lowest BCUT2D eigenvalue weighted by Gasteiger charge is -2.09. The first-order chi connectivity index (χ1) is 7.95. The highest BCUT2D eigenvalue weighted by molar-refractivity contribution is 9.09. The van der Waals surface area contributed by atoms with Crippen LogP contribution in [-0.2, 0) is 6.42 Å². The summed E-state index contributed by atoms with van der Waals surface area (Å²) in [5.41, 5.74) is -0.547. The monoisotopic (exact) mass is 307 g/mol. The Bertz CT molecular complexity index is 426. The van der Waals surface area contributed by atoms with Crippen LogP contribution in [0.15, 0.2) is 12.1 Å². The van der Waals surface area contributed by atoms with E-state index in [2.05, 4.69) is 15.9 Å². The first-order valence-electron chi connectivity index (χ1n) is 5.22. The molecule has 6 heteroatoms. The number of rotatable bonds is 5. The van der Waals surface area contributed by atoms with Gasteiger partial charge in [0.05, 0.1) is 4.92 Å². The average Bonchev–Trinajstić information content (AvgIpc) is 2.15. The van der Waals surface area contributed by atoms with E-state index in [1.807, 2.05) is 6.92 Å². The van der Waals surface area contributed by atoms with Crippen LogP contribution >= 0.6 is 15.9 Å². The van der Waals surface area contributed by atoms with E-state index in [-0.39, 0.29) is 16.8 Å². The molecule has 0 saturated carbocycles. The number of nitrogens with zero attached hydrogens (tertiary/aromatic N) is 1. The molecule has 0 aliphatic carbocycles. The van der Waals surface area contributed by atoms with Gasteiger partial charge >= 0.3 is 5.69 Å². The molecule has 1 unspecified atom stereocenters. The van der Waals surface area contributed by atoms with Crippen LogP contribution < -0.4 is 0 Å². The molecule has 0 aliphatic rings. The molecule has 3 nitrogen and oxygen atoms in total. The Labute approximate surface area is 106 Å². The molecule has 1 aromatic carbocycles. The van der Waals surface area contributed by atoms with Gasteiger partial charge in [-0.3, -0.25) is 10.1 Å². The molecule has 1 atom stereocenters. The normalized spacial score (nSPS) is 12.5. The van der Waals surface area contributed by atoms with Crippen LogP contribution in [0.5, 0.6) is 0 Å². The predicted octanol–water partition coefficient (Wildman–Crippen LogP) is 3.98. The van der Waals surface area contributed by atoms with Crippen LogP contribution in [0.4, 0.5) is 14.5 Å². The van der Waals surface area contributed by atoms with Crippen LogP contribution in [0.3, 0.4) is 0 Å². The molecular formula is C11H12BrF2NO2. The molecular weight excluding hydrogens is 296 g/mol. The summed E-state index contributed by atoms with van der Waals surface area (Å²) in [5.74, 6) is -1.92. The second-order valence-corrected chi connectivity index (χ2v) is 5.04. The lowest BCUT2D eigenvalue weighted by molar-refractivity contribution is -0.388. The molecule has 94 valence electrons. The van der Waals surface area contributed by atoms with E-state index in [0.717, 1.165) is 18.9 Å². The fraction of sp³-hybridized carbons (Fsp3) is 0.455. The Morgan fingerprint density at radius 3 is 2.65 bits per heavy atom. The Morgan fingerprint density at radius 2 is 2.12 bits per heavy atom. The third-order valence-electron chi connectivity index (χ3n) is 2.33. The highest BCUT2D eigenvalue weighted by Crippen LogP contribution is 2.27. The summed E-state index contributed by atoms with van der Waals surface area (Å²) in [6.45, 7) is 1.97. The van der Waals surface area contributed by atoms with Crippen LogP contribution in [0.25, 0.3) is 0 Å². The van der Waals surface area contributed by atoms with Crippen molar-refractivity contribution in [3.05, 3.63) is 39.4 Å². The number of nitro benzene ring substituents is 1. The molecule has 0 heterocycles. The van der Waals surface area contributed by atoms with E-state index >= 15 is 0 Å². The van der Waals surface area contributed by atoms with Crippen molar-refractivity contribution < 1.29 is 13.7 Å². The first-order valence-corrected chi connectivity index (χ1v) is 6.13. The van der Waals surface area contributed by atoms with Crippen LogP contribution in [0.2, 0.25) is 0 Å². The number of halogens is 3. The van der Waals surface area contributed by atoms with Crippen molar-refractivity contribution in [2.45, 2.75) is 31.0 Å². The summed E-state index contributed by atoms with van der Waals surface area (Å²) in [7, 11) is 0. The molecule has 0 N–H and O–H groups in total. The van der Waals surface area contributed by atoms with Gasteiger partial charge in [0.15, 0.2) is 0 Å². The van der Waals surface area contributed by atoms with Gasteiger partial charge in [0, 0.05) is 16.5 Å². The summed E-state index contributed by atoms with van der Waals surface area (Å²) in [5, 5.41) is 10.7. The lowest BCUT2D eigenvalue weighted by Crippen LogP contribution is -2.07. The maximum Gasteiger partial charge on any atom is 0.308 e. The quantitative estimate of drug-likeness (QED) is 0.469. The van der Waals surface area contributed by atoms with Crippen LogP contribution in [0.1, 0.15) is 25.3 Å². The van der Waals surface area contributed by atoms with Crippen LogP contribution in [0, 0.1) is 21.7 Å². The Kier molecular flexibility index (Phi) is 4.99. The fourth-order valence-corrected chi connectivity index (χ4v) is 2.44. The topological polar surface area (TPSA) is 43.1 Å². The molecule has 1 aromatic rings. The van der Waals surface area contributed by atoms with Crippen molar-refractivity contribution in [3.8, 4) is 0 Å². The zero-order valence-corrected chi connectivity index (χ0v) is 10.8. The molecule has 0 aliphatic heterocycles. The van der Waals surface area contributed by atoms with Gasteiger partial charge in [0.2, 0.25) is 5.82 Å². The smallest absolute Gasteiger partial charge is 0.258 e. The van der Waals surface area contributed by atoms with E-state index in [1.165, 1.54) is 0 Å². The predicted molar refractivity (Wildman–Crippen MR) is 64.3 cm³/mol. The molecule has 0 radical (unpaired) electrons. The second-order valence-electron chi connectivity index (χ2n) is 3.74. The number of nitro groups is 1. The molecule has 1 rings (SSSR count). The first kappa shape index (κ1) is 14.0. The lowest BCUT2D eigenvalue weighted by atomic mass is 10.0. The third kappa shape index (κ3) is 3.73. The van der Waals surface area contributed by atoms with Gasteiger partial charge in [-0.2, -0.15) is 4.39 Å². The molecule has 0 saturated heterocycles. The van der Waals surface area contributed by atoms with E-state index in [4.69, 9.17) is 0 Å². The SMILES string of the molecule is CCCC(Br)Cc1cc(F)cc(F)c1[N+](=O)[O-]. The summed E-state index contributed by atoms with van der Waals surface area (Å²) in [6, 6.07) is 1.55. The third-order valence-corrected chi connectivity index (χ3v) is 3.11. The largest absolute Gasteiger partial charge is 0.308 e. The zero-order chi connectivity index (χ0) is 13.0. The minimum absolute atomic E-state index is 0.0209. The van der Waals surface area contributed by atoms with Gasteiger partial charge in [-0.25, -0.2) is 4.39 Å². The summed E-state index contributed by atoms with van der Waals surface area (Å²) < 4.78 is 26.3. The standard InChI is InChI=1S/C11H12BrF2NO2/c1-2-3-8(12)4-7-5-9(13)6-10(14)11(7)15(16)17/h5-6,8H,2-4H2,1H3. The molecule has 0 amide bonds. The molecule has 0 aromatic heterocycles. The van der Waals surface area contributed by atoms with Crippen molar-refractivity contribution >= 4 is 21.6 Å². The zero-order valence-electron chi connectivity index (χ0n) is 9.25. The van der Waals surface area contributed by atoms with E-state index in [1.54, 1.807) is 0 Å². The second kappa shape index (κ2) is 6.05. The molecule has 17 heavy (non-hydrogen) atoms. The van der Waals surface area contributed by atoms with Crippen molar-refractivity contribution in [1.29, 1.82) is 0 Å². The van der Waals surface area contributed by atoms with Gasteiger partial charge in [0.25, 0.3) is 0 Å². The van der Waals surface area contributed by atoms with Crippen LogP contribution in [-0.4, -0.2) is 9.75 Å². The Hall–Kier alpha value is -1.04. The highest BCUT2D eigenvalue weighted by Gasteiger charge is 2.23. The minimum atomic E-state index is -1.12. The average molecular weight is 308 g/mol. The van der Waals surface area contributed by atoms with Gasteiger partial charge in [-0.05, 0) is 18.9 Å². The number of benzene rings is 1. The maximum atomic E-state index is 13.3. The Balaban J connectivity index is 3.08. The summed E-state index contributed by atoms with van der Waals surface area (Å²) in [4.78, 5) is 9.89. The van der Waals surface area contributed by atoms with E-state index in [0.29, 0.717) is 6.07 Å². The van der Waals surface area contributed by atoms with Gasteiger partial charge in [-0.15, -0.1) is 0 Å². The summed E-state index contributed by atoms with van der Waals surface area (Å²) >= 11 is 3.34. The minimum Gasteiger partial charge on any atom is -0.258 e. The molecule has 0 spiro atoms. The van der Waals surface area contributed by atoms with Crippen molar-refractivity contribution in [2.75, 3.05) is 0 Å². The fourth-order valence-electron chi connectivity index (χ4n) is 1.63. The highest BCUT2D eigenvalue weighted by atomic mass is 79.9. The number of hydrogen-bond acceptors (Lipinski definition) is 2. The maximum absolute atomic E-state index is 13.3. The summed E-state index contributed by atoms with van der Waals surface area (Å²) in [6.07, 6.45) is 1.91. The van der Waals surface area contributed by atoms with Gasteiger partial charge in [0.1, 0.15) is 5.82 Å². The Morgan fingerprint density at radius 1 is 1.47 bits per heavy atom. The van der Waals surface area contributed by atoms with Gasteiger partial charge in [-0.1, -0.05) is 29.3 Å². The van der Waals surface area contributed by atoms with E-state index < -0.39 is 22.2 Å². The van der Waals surface area contributed by atoms with Crippen molar-refractivity contribution in [3.63, 3.8) is 0 Å². The van der Waals surface area contributed by atoms with Crippen molar-refractivity contribution in [2.24, 2.45) is 0 Å². The molecule has 0 fully saturated rings. The van der Waals surface area contributed by atoms with Crippen molar-refractivity contribution in [1.82, 2.24) is 0 Å². The number of hydrogen-bond donors (Lipinski definition) is 0. The van der Waals surface area contributed by atoms with Gasteiger partial charge < -0.3 is 0 Å². The molecule has 0 bridgehead atoms.